The number of fused-ring (bicyclic) bond motifs is 1. The second-order valence-corrected chi connectivity index (χ2v) is 10.7. The van der Waals surface area contributed by atoms with E-state index in [1.807, 2.05) is 0 Å². The molecular weight excluding hydrogens is 555 g/mol. The maximum absolute atomic E-state index is 13.0. The molecular formula is C23H19Cl3N2O5S2. The molecule has 0 spiro atoms. The first-order valence-electron chi connectivity index (χ1n) is 10.3. The van der Waals surface area contributed by atoms with Gasteiger partial charge in [-0.1, -0.05) is 23.2 Å². The van der Waals surface area contributed by atoms with Crippen molar-refractivity contribution in [2.45, 2.75) is 16.3 Å². The van der Waals surface area contributed by atoms with Gasteiger partial charge in [0.15, 0.2) is 0 Å². The van der Waals surface area contributed by atoms with E-state index in [0.29, 0.717) is 32.9 Å². The van der Waals surface area contributed by atoms with Crippen LogP contribution < -0.4 is 14.8 Å². The van der Waals surface area contributed by atoms with Crippen LogP contribution in [0.1, 0.15) is 0 Å². The fraction of sp³-hybridized carbons (Fsp3) is 0.261. The number of nitrogens with one attached hydrogen (secondary N) is 1. The lowest BCUT2D eigenvalue weighted by atomic mass is 10.0. The minimum Gasteiger partial charge on any atom is -0.497 e. The molecule has 12 heteroatoms. The number of alkyl halides is 1. The Balaban J connectivity index is 1.40. The maximum atomic E-state index is 13.0. The number of rotatable bonds is 8. The first-order chi connectivity index (χ1) is 16.8. The summed E-state index contributed by atoms with van der Waals surface area (Å²) in [5.74, 6) is 0.160. The van der Waals surface area contributed by atoms with Gasteiger partial charge in [-0.3, -0.25) is 14.5 Å². The number of esters is 1. The van der Waals surface area contributed by atoms with Crippen LogP contribution in [0.2, 0.25) is 10.0 Å². The summed E-state index contributed by atoms with van der Waals surface area (Å²) >= 11 is 20.7. The minimum absolute atomic E-state index is 0.0772. The number of hydrogen-bond acceptors (Lipinski definition) is 7. The lowest BCUT2D eigenvalue weighted by Gasteiger charge is -2.49. The number of carbonyl (C=O) groups excluding carboxylic acids is 3. The van der Waals surface area contributed by atoms with Crippen molar-refractivity contribution in [3.05, 3.63) is 63.8 Å². The monoisotopic (exact) mass is 572 g/mol. The van der Waals surface area contributed by atoms with E-state index in [2.05, 4.69) is 5.32 Å². The molecule has 184 valence electrons. The van der Waals surface area contributed by atoms with Crippen molar-refractivity contribution >= 4 is 76.1 Å². The van der Waals surface area contributed by atoms with Gasteiger partial charge in [-0.15, -0.1) is 35.1 Å². The Morgan fingerprint density at radius 3 is 2.51 bits per heavy atom. The van der Waals surface area contributed by atoms with E-state index in [9.17, 15) is 14.4 Å². The first-order valence-corrected chi connectivity index (χ1v) is 13.6. The maximum Gasteiger partial charge on any atom is 0.360 e. The minimum atomic E-state index is -0.748. The zero-order valence-electron chi connectivity index (χ0n) is 18.3. The number of methoxy groups -OCH3 is 1. The van der Waals surface area contributed by atoms with Crippen molar-refractivity contribution in [3.8, 4) is 11.5 Å². The predicted molar refractivity (Wildman–Crippen MR) is 139 cm³/mol. The summed E-state index contributed by atoms with van der Waals surface area (Å²) in [5.41, 5.74) is 0.722. The van der Waals surface area contributed by atoms with E-state index in [1.165, 1.54) is 35.5 Å². The zero-order valence-corrected chi connectivity index (χ0v) is 22.2. The molecule has 2 aliphatic rings. The molecule has 2 heterocycles. The van der Waals surface area contributed by atoms with Gasteiger partial charge in [-0.05, 0) is 48.0 Å². The smallest absolute Gasteiger partial charge is 0.360 e. The number of hydrogen-bond donors (Lipinski definition) is 1. The Morgan fingerprint density at radius 1 is 1.14 bits per heavy atom. The highest BCUT2D eigenvalue weighted by Gasteiger charge is 2.54. The SMILES string of the molecule is COc1ccc(OC(=O)C2=C(CCl)CS[C@H]3C(NC(=O)CSc4ccc(Cl)c(Cl)c4)C(=O)N23)cc1. The third kappa shape index (κ3) is 5.70. The zero-order chi connectivity index (χ0) is 25.1. The molecule has 0 saturated carbocycles. The Kier molecular flexibility index (Phi) is 8.44. The Labute approximate surface area is 225 Å². The number of ether oxygens (including phenoxy) is 2. The molecule has 1 saturated heterocycles. The van der Waals surface area contributed by atoms with Gasteiger partial charge in [-0.2, -0.15) is 0 Å². The molecule has 1 N–H and O–H groups in total. The van der Waals surface area contributed by atoms with Crippen LogP contribution in [0.25, 0.3) is 0 Å². The third-order valence-corrected chi connectivity index (χ3v) is 8.64. The highest BCUT2D eigenvalue weighted by atomic mass is 35.5. The molecule has 35 heavy (non-hydrogen) atoms. The van der Waals surface area contributed by atoms with Crippen LogP contribution in [0.3, 0.4) is 0 Å². The largest absolute Gasteiger partial charge is 0.497 e. The molecule has 2 atom stereocenters. The average Bonchev–Trinajstić information content (AvgIpc) is 2.87. The molecule has 0 radical (unpaired) electrons. The molecule has 1 unspecified atom stereocenters. The van der Waals surface area contributed by atoms with Gasteiger partial charge < -0.3 is 14.8 Å². The third-order valence-electron chi connectivity index (χ3n) is 5.25. The van der Waals surface area contributed by atoms with Crippen LogP contribution in [0.5, 0.6) is 11.5 Å². The molecule has 2 aromatic rings. The van der Waals surface area contributed by atoms with Gasteiger partial charge in [0, 0.05) is 16.5 Å². The van der Waals surface area contributed by atoms with Gasteiger partial charge in [0.25, 0.3) is 5.91 Å². The summed E-state index contributed by atoms with van der Waals surface area (Å²) in [4.78, 5) is 40.6. The Morgan fingerprint density at radius 2 is 1.86 bits per heavy atom. The van der Waals surface area contributed by atoms with Gasteiger partial charge in [0.05, 0.1) is 22.9 Å². The van der Waals surface area contributed by atoms with Gasteiger partial charge in [-0.25, -0.2) is 4.79 Å². The summed E-state index contributed by atoms with van der Waals surface area (Å²) in [7, 11) is 1.54. The fourth-order valence-electron chi connectivity index (χ4n) is 3.50. The van der Waals surface area contributed by atoms with Gasteiger partial charge in [0.1, 0.15) is 28.6 Å². The molecule has 0 aromatic heterocycles. The quantitative estimate of drug-likeness (QED) is 0.163. The Hall–Kier alpha value is -2.04. The molecule has 2 aliphatic heterocycles. The van der Waals surface area contributed by atoms with Gasteiger partial charge in [0.2, 0.25) is 5.91 Å². The molecule has 2 amide bonds. The van der Waals surface area contributed by atoms with Crippen LogP contribution in [0.15, 0.2) is 58.6 Å². The normalized spacial score (nSPS) is 19.1. The van der Waals surface area contributed by atoms with Crippen LogP contribution in [0, 0.1) is 0 Å². The Bertz CT molecular complexity index is 1190. The van der Waals surface area contributed by atoms with E-state index < -0.39 is 17.4 Å². The van der Waals surface area contributed by atoms with E-state index in [0.717, 1.165) is 4.90 Å². The van der Waals surface area contributed by atoms with Crippen molar-refractivity contribution in [3.63, 3.8) is 0 Å². The summed E-state index contributed by atoms with van der Waals surface area (Å²) in [5, 5.41) is 3.17. The standard InChI is InChI=1S/C23H19Cl3N2O5S2/c1-32-13-2-4-14(5-3-13)33-23(31)20-12(9-24)10-35-22-19(21(30)28(20)22)27-18(29)11-34-15-6-7-16(25)17(26)8-15/h2-8,19,22H,9-11H2,1H3,(H,27,29)/t19?,22-/m0/s1. The molecule has 2 aromatic carbocycles. The van der Waals surface area contributed by atoms with Crippen LogP contribution in [-0.4, -0.2) is 58.6 Å². The van der Waals surface area contributed by atoms with Crippen molar-refractivity contribution in [1.29, 1.82) is 0 Å². The number of benzene rings is 2. The van der Waals surface area contributed by atoms with E-state index in [-0.39, 0.29) is 29.1 Å². The summed E-state index contributed by atoms with van der Waals surface area (Å²) in [6, 6.07) is 10.9. The highest BCUT2D eigenvalue weighted by molar-refractivity contribution is 8.00. The number of amides is 2. The van der Waals surface area contributed by atoms with Crippen molar-refractivity contribution in [2.24, 2.45) is 0 Å². The van der Waals surface area contributed by atoms with Crippen molar-refractivity contribution < 1.29 is 23.9 Å². The van der Waals surface area contributed by atoms with Crippen molar-refractivity contribution in [2.75, 3.05) is 24.5 Å². The second kappa shape index (κ2) is 11.3. The number of nitrogens with zero attached hydrogens (tertiary/aromatic N) is 1. The van der Waals surface area contributed by atoms with Crippen LogP contribution >= 0.6 is 58.3 Å². The summed E-state index contributed by atoms with van der Waals surface area (Å²) in [6.45, 7) is 0. The number of carbonyl (C=O) groups is 3. The highest BCUT2D eigenvalue weighted by Crippen LogP contribution is 2.41. The average molecular weight is 574 g/mol. The molecule has 1 fully saturated rings. The predicted octanol–water partition coefficient (Wildman–Crippen LogP) is 4.59. The lowest BCUT2D eigenvalue weighted by Crippen LogP contribution is -2.71. The molecule has 7 nitrogen and oxygen atoms in total. The van der Waals surface area contributed by atoms with E-state index in [1.54, 1.807) is 42.5 Å². The number of halogens is 3. The lowest BCUT2D eigenvalue weighted by molar-refractivity contribution is -0.149. The summed E-state index contributed by atoms with van der Waals surface area (Å²) in [6.07, 6.45) is 0. The van der Waals surface area contributed by atoms with E-state index >= 15 is 0 Å². The van der Waals surface area contributed by atoms with E-state index in [4.69, 9.17) is 44.3 Å². The number of β-lactam (4-membered cyclic amide) rings is 1. The van der Waals surface area contributed by atoms with Gasteiger partial charge >= 0.3 is 5.97 Å². The van der Waals surface area contributed by atoms with Crippen LogP contribution in [-0.2, 0) is 14.4 Å². The second-order valence-electron chi connectivity index (χ2n) is 7.47. The molecule has 0 aliphatic carbocycles. The molecule has 0 bridgehead atoms. The van der Waals surface area contributed by atoms with Crippen LogP contribution in [0.4, 0.5) is 0 Å². The fourth-order valence-corrected chi connectivity index (χ4v) is 6.29. The topological polar surface area (TPSA) is 84.9 Å². The molecule has 4 rings (SSSR count). The van der Waals surface area contributed by atoms with Crippen molar-refractivity contribution in [1.82, 2.24) is 10.2 Å². The number of thioether (sulfide) groups is 2. The summed E-state index contributed by atoms with van der Waals surface area (Å²) < 4.78 is 10.6. The first kappa shape index (κ1) is 26.0.